The fourth-order valence-electron chi connectivity index (χ4n) is 1.51. The molecule has 102 valence electrons. The molecular weight excluding hydrogens is 295 g/mol. The molecule has 1 aromatic heterocycles. The van der Waals surface area contributed by atoms with Crippen LogP contribution in [0.3, 0.4) is 0 Å². The van der Waals surface area contributed by atoms with Crippen LogP contribution in [0.4, 0.5) is 15.8 Å². The fraction of sp³-hybridized carbons (Fsp3) is 0.100. The lowest BCUT2D eigenvalue weighted by molar-refractivity contribution is 0.601. The first kappa shape index (κ1) is 13.6. The summed E-state index contributed by atoms with van der Waals surface area (Å²) in [4.78, 5) is -0.0563. The Morgan fingerprint density at radius 3 is 2.53 bits per heavy atom. The Hall–Kier alpha value is -1.80. The highest BCUT2D eigenvalue weighted by atomic mass is 35.5. The van der Waals surface area contributed by atoms with E-state index in [2.05, 4.69) is 5.10 Å². The topological polar surface area (TPSA) is 104 Å². The number of nitrogens with zero attached hydrogens (tertiary/aromatic N) is 2. The third-order valence-electron chi connectivity index (χ3n) is 2.45. The molecular formula is C10H10ClFN4O2S. The lowest BCUT2D eigenvalue weighted by Crippen LogP contribution is -2.06. The van der Waals surface area contributed by atoms with Gasteiger partial charge in [-0.1, -0.05) is 11.6 Å². The van der Waals surface area contributed by atoms with Crippen LogP contribution in [0.15, 0.2) is 23.4 Å². The molecule has 0 atom stereocenters. The van der Waals surface area contributed by atoms with Crippen molar-refractivity contribution in [2.24, 2.45) is 0 Å². The summed E-state index contributed by atoms with van der Waals surface area (Å²) in [6.07, 6.45) is 3.26. The summed E-state index contributed by atoms with van der Waals surface area (Å²) in [7, 11) is -3.44. The van der Waals surface area contributed by atoms with Gasteiger partial charge in [0.25, 0.3) is 0 Å². The molecule has 2 rings (SSSR count). The molecule has 0 fully saturated rings. The molecule has 0 bridgehead atoms. The minimum absolute atomic E-state index is 0.00236. The first-order valence-corrected chi connectivity index (χ1v) is 7.27. The number of benzene rings is 1. The predicted molar refractivity (Wildman–Crippen MR) is 70.5 cm³/mol. The van der Waals surface area contributed by atoms with Crippen molar-refractivity contribution < 1.29 is 12.8 Å². The van der Waals surface area contributed by atoms with Gasteiger partial charge < -0.3 is 11.5 Å². The van der Waals surface area contributed by atoms with Crippen LogP contribution < -0.4 is 11.5 Å². The fourth-order valence-corrected chi connectivity index (χ4v) is 2.18. The molecule has 0 saturated carbocycles. The number of hydrogen-bond acceptors (Lipinski definition) is 5. The Bertz CT molecular complexity index is 757. The van der Waals surface area contributed by atoms with E-state index in [9.17, 15) is 12.8 Å². The summed E-state index contributed by atoms with van der Waals surface area (Å²) >= 11 is 5.69. The van der Waals surface area contributed by atoms with Crippen LogP contribution in [-0.4, -0.2) is 24.5 Å². The van der Waals surface area contributed by atoms with Crippen LogP contribution in [0.25, 0.3) is 5.69 Å². The first-order chi connectivity index (χ1) is 8.71. The molecule has 19 heavy (non-hydrogen) atoms. The van der Waals surface area contributed by atoms with Gasteiger partial charge in [0, 0.05) is 12.5 Å². The third kappa shape index (κ3) is 2.36. The monoisotopic (exact) mass is 304 g/mol. The molecule has 1 heterocycles. The quantitative estimate of drug-likeness (QED) is 0.812. The van der Waals surface area contributed by atoms with Crippen molar-refractivity contribution in [1.29, 1.82) is 0 Å². The normalized spacial score (nSPS) is 11.7. The molecule has 1 aromatic carbocycles. The van der Waals surface area contributed by atoms with Gasteiger partial charge in [-0.2, -0.15) is 5.10 Å². The zero-order valence-electron chi connectivity index (χ0n) is 9.76. The Balaban J connectivity index is 2.67. The Morgan fingerprint density at radius 2 is 2.00 bits per heavy atom. The van der Waals surface area contributed by atoms with Gasteiger partial charge in [0.2, 0.25) is 0 Å². The highest BCUT2D eigenvalue weighted by molar-refractivity contribution is 7.90. The maximum absolute atomic E-state index is 14.0. The molecule has 0 unspecified atom stereocenters. The zero-order valence-corrected chi connectivity index (χ0v) is 11.3. The van der Waals surface area contributed by atoms with E-state index >= 15 is 0 Å². The van der Waals surface area contributed by atoms with E-state index < -0.39 is 15.7 Å². The second kappa shape index (κ2) is 4.39. The largest absolute Gasteiger partial charge is 0.397 e. The van der Waals surface area contributed by atoms with Gasteiger partial charge in [0.15, 0.2) is 15.7 Å². The molecule has 6 nitrogen and oxygen atoms in total. The number of sulfone groups is 1. The van der Waals surface area contributed by atoms with Crippen molar-refractivity contribution in [3.63, 3.8) is 0 Å². The number of nitrogen functional groups attached to an aromatic ring is 2. The molecule has 0 aliphatic heterocycles. The van der Waals surface area contributed by atoms with E-state index in [1.54, 1.807) is 0 Å². The van der Waals surface area contributed by atoms with Crippen molar-refractivity contribution >= 4 is 32.8 Å². The SMILES string of the molecule is CS(=O)(=O)c1cnn(-c2c(N)cc(N)c(Cl)c2F)c1. The molecule has 0 amide bonds. The van der Waals surface area contributed by atoms with Gasteiger partial charge >= 0.3 is 0 Å². The van der Waals surface area contributed by atoms with E-state index in [1.165, 1.54) is 6.07 Å². The smallest absolute Gasteiger partial charge is 0.178 e. The van der Waals surface area contributed by atoms with E-state index in [0.717, 1.165) is 23.3 Å². The number of anilines is 2. The molecule has 0 spiro atoms. The molecule has 0 radical (unpaired) electrons. The first-order valence-electron chi connectivity index (χ1n) is 5.00. The number of nitrogens with two attached hydrogens (primary N) is 2. The maximum Gasteiger partial charge on any atom is 0.178 e. The van der Waals surface area contributed by atoms with Crippen molar-refractivity contribution in [1.82, 2.24) is 9.78 Å². The van der Waals surface area contributed by atoms with Crippen LogP contribution >= 0.6 is 11.6 Å². The molecule has 0 saturated heterocycles. The lowest BCUT2D eigenvalue weighted by Gasteiger charge is -2.10. The average molecular weight is 305 g/mol. The molecule has 9 heteroatoms. The van der Waals surface area contributed by atoms with Crippen molar-refractivity contribution in [3.8, 4) is 5.69 Å². The summed E-state index contributed by atoms with van der Waals surface area (Å²) in [5.74, 6) is -0.859. The molecule has 0 aliphatic rings. The number of aromatic nitrogens is 2. The minimum atomic E-state index is -3.44. The predicted octanol–water partition coefficient (Wildman–Crippen LogP) is 1.23. The van der Waals surface area contributed by atoms with E-state index in [1.807, 2.05) is 0 Å². The van der Waals surface area contributed by atoms with Crippen LogP contribution in [0, 0.1) is 5.82 Å². The summed E-state index contributed by atoms with van der Waals surface area (Å²) in [5, 5.41) is 3.47. The van der Waals surface area contributed by atoms with Crippen LogP contribution in [0.1, 0.15) is 0 Å². The standard InChI is InChI=1S/C10H10ClFN4O2S/c1-19(17,18)5-3-15-16(4-5)10-7(14)2-6(13)8(11)9(10)12/h2-4H,13-14H2,1H3. The number of rotatable bonds is 2. The summed E-state index contributed by atoms with van der Waals surface area (Å²) < 4.78 is 37.7. The lowest BCUT2D eigenvalue weighted by atomic mass is 10.2. The van der Waals surface area contributed by atoms with Crippen LogP contribution in [0.2, 0.25) is 5.02 Å². The van der Waals surface area contributed by atoms with Gasteiger partial charge in [-0.25, -0.2) is 17.5 Å². The minimum Gasteiger partial charge on any atom is -0.397 e. The highest BCUT2D eigenvalue weighted by Crippen LogP contribution is 2.32. The van der Waals surface area contributed by atoms with Crippen LogP contribution in [-0.2, 0) is 9.84 Å². The van der Waals surface area contributed by atoms with Gasteiger partial charge in [-0.3, -0.25) is 0 Å². The molecule has 0 aliphatic carbocycles. The number of hydrogen-bond donors (Lipinski definition) is 2. The Labute approximate surface area is 113 Å². The van der Waals surface area contributed by atoms with Crippen molar-refractivity contribution in [2.75, 3.05) is 17.7 Å². The van der Waals surface area contributed by atoms with E-state index in [-0.39, 0.29) is 27.0 Å². The van der Waals surface area contributed by atoms with E-state index in [0.29, 0.717) is 0 Å². The average Bonchev–Trinajstić information content (AvgIpc) is 2.75. The molecule has 4 N–H and O–H groups in total. The van der Waals surface area contributed by atoms with Crippen molar-refractivity contribution in [2.45, 2.75) is 4.90 Å². The highest BCUT2D eigenvalue weighted by Gasteiger charge is 2.18. The van der Waals surface area contributed by atoms with Gasteiger partial charge in [-0.05, 0) is 6.07 Å². The Morgan fingerprint density at radius 1 is 1.37 bits per heavy atom. The van der Waals surface area contributed by atoms with Crippen molar-refractivity contribution in [3.05, 3.63) is 29.3 Å². The van der Waals surface area contributed by atoms with E-state index in [4.69, 9.17) is 23.1 Å². The second-order valence-corrected chi connectivity index (χ2v) is 6.32. The second-order valence-electron chi connectivity index (χ2n) is 3.92. The summed E-state index contributed by atoms with van der Waals surface area (Å²) in [6, 6.07) is 1.28. The Kier molecular flexibility index (Phi) is 3.15. The molecule has 2 aromatic rings. The zero-order chi connectivity index (χ0) is 14.4. The van der Waals surface area contributed by atoms with Gasteiger partial charge in [-0.15, -0.1) is 0 Å². The summed E-state index contributed by atoms with van der Waals surface area (Å²) in [5.41, 5.74) is 11.0. The van der Waals surface area contributed by atoms with Gasteiger partial charge in [0.1, 0.15) is 15.6 Å². The third-order valence-corrected chi connectivity index (χ3v) is 3.91. The van der Waals surface area contributed by atoms with Gasteiger partial charge in [0.05, 0.1) is 17.6 Å². The maximum atomic E-state index is 14.0. The van der Waals surface area contributed by atoms with Crippen LogP contribution in [0.5, 0.6) is 0 Å². The number of halogens is 2. The summed E-state index contributed by atoms with van der Waals surface area (Å²) in [6.45, 7) is 0.